The van der Waals surface area contributed by atoms with Gasteiger partial charge in [-0.3, -0.25) is 0 Å². The lowest BCUT2D eigenvalue weighted by Gasteiger charge is -2.01. The lowest BCUT2D eigenvalue weighted by atomic mass is 10.1. The third-order valence-corrected chi connectivity index (χ3v) is 3.39. The molecule has 0 heterocycles. The predicted octanol–water partition coefficient (Wildman–Crippen LogP) is 4.61. The summed E-state index contributed by atoms with van der Waals surface area (Å²) < 4.78 is 0. The van der Waals surface area contributed by atoms with Gasteiger partial charge in [0.15, 0.2) is 0 Å². The van der Waals surface area contributed by atoms with Crippen LogP contribution in [-0.2, 0) is 6.42 Å². The van der Waals surface area contributed by atoms with Crippen LogP contribution >= 0.6 is 0 Å². The third-order valence-electron chi connectivity index (χ3n) is 3.39. The highest BCUT2D eigenvalue weighted by Crippen LogP contribution is 2.28. The second kappa shape index (κ2) is 8.30. The molecule has 0 fully saturated rings. The summed E-state index contributed by atoms with van der Waals surface area (Å²) in [6.45, 7) is 4.49. The van der Waals surface area contributed by atoms with Gasteiger partial charge >= 0.3 is 0 Å². The highest BCUT2D eigenvalue weighted by molar-refractivity contribution is 5.33. The summed E-state index contributed by atoms with van der Waals surface area (Å²) in [5.41, 5.74) is 8.64. The summed E-state index contributed by atoms with van der Waals surface area (Å²) in [5, 5.41) is 0. The van der Waals surface area contributed by atoms with E-state index in [0.717, 1.165) is 12.8 Å². The number of rotatable bonds is 4. The number of unbranched alkanes of at least 4 members (excludes halogenated alkanes) is 4. The summed E-state index contributed by atoms with van der Waals surface area (Å²) in [6, 6.07) is 8.74. The zero-order valence-corrected chi connectivity index (χ0v) is 11.4. The minimum Gasteiger partial charge on any atom is -0.324 e. The standard InChI is InChI=1S/C9H11N.C7H16/c10-9-6-5-7-3-1-2-4-8(7)9;1-3-5-7-6-4-2/h1-4,9H,5-6,10H2;3-7H2,1-2H3. The molecule has 1 heteroatoms. The topological polar surface area (TPSA) is 26.0 Å². The fraction of sp³-hybridized carbons (Fsp3) is 0.625. The molecular formula is C16H27N. The van der Waals surface area contributed by atoms with Gasteiger partial charge in [0.1, 0.15) is 0 Å². The first kappa shape index (κ1) is 14.2. The van der Waals surface area contributed by atoms with E-state index in [-0.39, 0.29) is 0 Å². The van der Waals surface area contributed by atoms with Gasteiger partial charge in [0.05, 0.1) is 0 Å². The van der Waals surface area contributed by atoms with Crippen molar-refractivity contribution in [1.29, 1.82) is 0 Å². The summed E-state index contributed by atoms with van der Waals surface area (Å²) >= 11 is 0. The van der Waals surface area contributed by atoms with Crippen LogP contribution in [-0.4, -0.2) is 0 Å². The zero-order chi connectivity index (χ0) is 12.5. The predicted molar refractivity (Wildman–Crippen MR) is 76.1 cm³/mol. The molecule has 1 aromatic carbocycles. The van der Waals surface area contributed by atoms with Crippen LogP contribution < -0.4 is 5.73 Å². The van der Waals surface area contributed by atoms with Gasteiger partial charge in [0.2, 0.25) is 0 Å². The molecule has 1 atom stereocenters. The molecular weight excluding hydrogens is 206 g/mol. The van der Waals surface area contributed by atoms with E-state index >= 15 is 0 Å². The van der Waals surface area contributed by atoms with Crippen LogP contribution in [0.25, 0.3) is 0 Å². The highest BCUT2D eigenvalue weighted by atomic mass is 14.6. The van der Waals surface area contributed by atoms with E-state index in [1.165, 1.54) is 43.2 Å². The van der Waals surface area contributed by atoms with Crippen molar-refractivity contribution >= 4 is 0 Å². The van der Waals surface area contributed by atoms with E-state index in [9.17, 15) is 0 Å². The largest absolute Gasteiger partial charge is 0.324 e. The summed E-state index contributed by atoms with van der Waals surface area (Å²) in [4.78, 5) is 0. The minimum absolute atomic E-state index is 0.302. The van der Waals surface area contributed by atoms with Crippen LogP contribution in [0.4, 0.5) is 0 Å². The maximum Gasteiger partial charge on any atom is 0.0300 e. The molecule has 1 aromatic rings. The van der Waals surface area contributed by atoms with Crippen molar-refractivity contribution in [2.24, 2.45) is 5.73 Å². The molecule has 96 valence electrons. The van der Waals surface area contributed by atoms with Gasteiger partial charge in [-0.05, 0) is 24.0 Å². The van der Waals surface area contributed by atoms with Gasteiger partial charge in [0.25, 0.3) is 0 Å². The quantitative estimate of drug-likeness (QED) is 0.755. The highest BCUT2D eigenvalue weighted by Gasteiger charge is 2.16. The number of aryl methyl sites for hydroxylation is 1. The molecule has 1 nitrogen and oxygen atoms in total. The van der Waals surface area contributed by atoms with Crippen LogP contribution in [0.1, 0.15) is 69.5 Å². The Morgan fingerprint density at radius 2 is 1.71 bits per heavy atom. The van der Waals surface area contributed by atoms with E-state index in [1.807, 2.05) is 0 Å². The van der Waals surface area contributed by atoms with Gasteiger partial charge in [-0.2, -0.15) is 0 Å². The molecule has 0 amide bonds. The Hall–Kier alpha value is -0.820. The molecule has 17 heavy (non-hydrogen) atoms. The van der Waals surface area contributed by atoms with Gasteiger partial charge < -0.3 is 5.73 Å². The number of hydrogen-bond acceptors (Lipinski definition) is 1. The van der Waals surface area contributed by atoms with Crippen molar-refractivity contribution in [3.8, 4) is 0 Å². The fourth-order valence-corrected chi connectivity index (χ4v) is 2.27. The van der Waals surface area contributed by atoms with Gasteiger partial charge in [0, 0.05) is 6.04 Å². The van der Waals surface area contributed by atoms with Crippen LogP contribution in [0.2, 0.25) is 0 Å². The first-order valence-electron chi connectivity index (χ1n) is 7.13. The van der Waals surface area contributed by atoms with Gasteiger partial charge in [-0.25, -0.2) is 0 Å². The molecule has 1 aliphatic carbocycles. The summed E-state index contributed by atoms with van der Waals surface area (Å²) in [7, 11) is 0. The first-order chi connectivity index (χ1) is 8.29. The Kier molecular flexibility index (Phi) is 6.95. The maximum absolute atomic E-state index is 5.85. The molecule has 0 radical (unpaired) electrons. The Labute approximate surface area is 106 Å². The van der Waals surface area contributed by atoms with E-state index in [2.05, 4.69) is 38.1 Å². The van der Waals surface area contributed by atoms with Crippen LogP contribution in [0.5, 0.6) is 0 Å². The lowest BCUT2D eigenvalue weighted by molar-refractivity contribution is 0.656. The van der Waals surface area contributed by atoms with Crippen molar-refractivity contribution < 1.29 is 0 Å². The second-order valence-electron chi connectivity index (χ2n) is 4.90. The van der Waals surface area contributed by atoms with Crippen molar-refractivity contribution in [2.45, 2.75) is 64.8 Å². The SMILES string of the molecule is CCCCCCC.NC1CCc2ccccc21. The van der Waals surface area contributed by atoms with E-state index in [0.29, 0.717) is 6.04 Å². The minimum atomic E-state index is 0.302. The Morgan fingerprint density at radius 1 is 1.06 bits per heavy atom. The van der Waals surface area contributed by atoms with Crippen molar-refractivity contribution in [3.05, 3.63) is 35.4 Å². The fourth-order valence-electron chi connectivity index (χ4n) is 2.27. The lowest BCUT2D eigenvalue weighted by Crippen LogP contribution is -2.04. The van der Waals surface area contributed by atoms with Crippen LogP contribution in [0, 0.1) is 0 Å². The Balaban J connectivity index is 0.000000185. The van der Waals surface area contributed by atoms with Crippen LogP contribution in [0.15, 0.2) is 24.3 Å². The molecule has 0 aromatic heterocycles. The molecule has 2 rings (SSSR count). The average molecular weight is 233 g/mol. The van der Waals surface area contributed by atoms with Crippen molar-refractivity contribution in [1.82, 2.24) is 0 Å². The number of benzene rings is 1. The summed E-state index contributed by atoms with van der Waals surface area (Å²) in [5.74, 6) is 0. The summed E-state index contributed by atoms with van der Waals surface area (Å²) in [6.07, 6.45) is 9.30. The molecule has 0 saturated carbocycles. The third kappa shape index (κ3) is 4.91. The molecule has 1 aliphatic rings. The normalized spacial score (nSPS) is 17.2. The number of fused-ring (bicyclic) bond motifs is 1. The molecule has 0 bridgehead atoms. The monoisotopic (exact) mass is 233 g/mol. The zero-order valence-electron chi connectivity index (χ0n) is 11.4. The van der Waals surface area contributed by atoms with Gasteiger partial charge in [-0.15, -0.1) is 0 Å². The molecule has 2 N–H and O–H groups in total. The van der Waals surface area contributed by atoms with E-state index < -0.39 is 0 Å². The smallest absolute Gasteiger partial charge is 0.0300 e. The van der Waals surface area contributed by atoms with Crippen molar-refractivity contribution in [3.63, 3.8) is 0 Å². The Morgan fingerprint density at radius 3 is 2.29 bits per heavy atom. The second-order valence-corrected chi connectivity index (χ2v) is 4.90. The molecule has 0 saturated heterocycles. The average Bonchev–Trinajstić information content (AvgIpc) is 2.74. The maximum atomic E-state index is 5.85. The molecule has 0 aliphatic heterocycles. The van der Waals surface area contributed by atoms with E-state index in [1.54, 1.807) is 0 Å². The molecule has 1 unspecified atom stereocenters. The van der Waals surface area contributed by atoms with Crippen LogP contribution in [0.3, 0.4) is 0 Å². The van der Waals surface area contributed by atoms with E-state index in [4.69, 9.17) is 5.73 Å². The van der Waals surface area contributed by atoms with Crippen molar-refractivity contribution in [2.75, 3.05) is 0 Å². The molecule has 0 spiro atoms. The number of hydrogen-bond donors (Lipinski definition) is 1. The van der Waals surface area contributed by atoms with Gasteiger partial charge in [-0.1, -0.05) is 70.2 Å². The Bertz CT molecular complexity index is 302. The number of nitrogens with two attached hydrogens (primary N) is 1. The first-order valence-corrected chi connectivity index (χ1v) is 7.13.